The van der Waals surface area contributed by atoms with Gasteiger partial charge in [0.1, 0.15) is 31.1 Å². The van der Waals surface area contributed by atoms with Crippen LogP contribution in [0.4, 0.5) is 4.79 Å². The van der Waals surface area contributed by atoms with Gasteiger partial charge in [0, 0.05) is 37.5 Å². The van der Waals surface area contributed by atoms with Gasteiger partial charge < -0.3 is 38.0 Å². The minimum absolute atomic E-state index is 0.142. The monoisotopic (exact) mass is 920 g/mol. The molecule has 1 N–H and O–H groups in total. The van der Waals surface area contributed by atoms with E-state index in [1.807, 2.05) is 48.5 Å². The number of unbranched alkanes of at least 4 members (excludes halogenated alkanes) is 4. The molecule has 2 radical (unpaired) electrons. The van der Waals surface area contributed by atoms with E-state index in [0.717, 1.165) is 92.4 Å². The van der Waals surface area contributed by atoms with Crippen molar-refractivity contribution >= 4 is 22.5 Å². The predicted molar refractivity (Wildman–Crippen MR) is 260 cm³/mol. The molecule has 13 heteroatoms. The number of rotatable bonds is 26. The Balaban J connectivity index is 1.10. The van der Waals surface area contributed by atoms with Crippen LogP contribution in [0.5, 0.6) is 11.5 Å². The first-order valence-corrected chi connectivity index (χ1v) is 25.3. The topological polar surface area (TPSA) is 121 Å². The lowest BCUT2D eigenvalue weighted by Gasteiger charge is -2.39. The third-order valence-corrected chi connectivity index (χ3v) is 15.2. The van der Waals surface area contributed by atoms with Crippen molar-refractivity contribution in [2.75, 3.05) is 40.6 Å². The highest BCUT2D eigenvalue weighted by atomic mass is 31.2. The number of hydrogen-bond donors (Lipinski definition) is 1. The Kier molecular flexibility index (Phi) is 20.1. The number of amides is 1. The maximum Gasteiger partial charge on any atom is 0.407 e. The number of carbonyl (C=O) groups excluding carboxylic acids is 1. The summed E-state index contributed by atoms with van der Waals surface area (Å²) in [5.74, 6) is 9.83. The summed E-state index contributed by atoms with van der Waals surface area (Å²) in [5, 5.41) is 12.2. The van der Waals surface area contributed by atoms with Gasteiger partial charge in [-0.3, -0.25) is 0 Å². The average Bonchev–Trinajstić information content (AvgIpc) is 3.82. The van der Waals surface area contributed by atoms with E-state index < -0.39 is 32.3 Å². The molecule has 11 nitrogen and oxygen atoms in total. The summed E-state index contributed by atoms with van der Waals surface area (Å²) >= 11 is 0. The molecule has 6 rings (SSSR count). The van der Waals surface area contributed by atoms with Gasteiger partial charge in [-0.25, -0.2) is 9.46 Å². The van der Waals surface area contributed by atoms with Crippen LogP contribution in [0.2, 0.25) is 0 Å². The largest absolute Gasteiger partial charge is 0.497 e. The van der Waals surface area contributed by atoms with Crippen LogP contribution in [0.25, 0.3) is 0 Å². The fourth-order valence-corrected chi connectivity index (χ4v) is 11.4. The first-order chi connectivity index (χ1) is 32.1. The minimum Gasteiger partial charge on any atom is -0.497 e. The molecule has 7 atom stereocenters. The second-order valence-electron chi connectivity index (χ2n) is 18.3. The van der Waals surface area contributed by atoms with Crippen LogP contribution in [-0.2, 0) is 35.3 Å². The van der Waals surface area contributed by atoms with Crippen molar-refractivity contribution in [1.82, 2.24) is 9.99 Å². The van der Waals surface area contributed by atoms with E-state index in [4.69, 9.17) is 40.6 Å². The summed E-state index contributed by atoms with van der Waals surface area (Å²) in [4.78, 5) is 12.4. The van der Waals surface area contributed by atoms with Crippen molar-refractivity contribution < 1.29 is 37.5 Å². The highest BCUT2D eigenvalue weighted by Gasteiger charge is 2.49. The van der Waals surface area contributed by atoms with Gasteiger partial charge in [-0.05, 0) is 130 Å². The number of alkyl carbamates (subject to hydrolysis) is 1. The zero-order chi connectivity index (χ0) is 46.9. The van der Waals surface area contributed by atoms with E-state index >= 15 is 0 Å². The molecule has 1 saturated carbocycles. The van der Waals surface area contributed by atoms with E-state index in [0.29, 0.717) is 37.3 Å². The Morgan fingerprint density at radius 3 is 1.97 bits per heavy atom. The van der Waals surface area contributed by atoms with Crippen LogP contribution in [0.3, 0.4) is 0 Å². The number of benzene rings is 3. The maximum absolute atomic E-state index is 12.4. The summed E-state index contributed by atoms with van der Waals surface area (Å²) in [6.45, 7) is 10.1. The first-order valence-electron chi connectivity index (χ1n) is 24.1. The standard InChI is InChI=1S/C53H71BN3O8P/c1-38(2)57(39(3)4)66(63-34-16-32-55)65-49-35-51(54)64-50(49)37-62-53(42-24-28-44(59-5)29-25-42,43-26-30-45(60-6)31-27-43)41-22-20-40(21-23-41)17-12-8-7-11-15-33-56-52(58)61-36-48-46-18-13-9-10-14-19-47(46)48/h20-31,38-39,46-51H,7-8,11-19,33-37H2,1-6H3,(H,56,58)/t46-,47+,48?,49-,50+,51+,66?/m0/s1. The van der Waals surface area contributed by atoms with Gasteiger partial charge in [0.05, 0.1) is 52.6 Å². The second kappa shape index (κ2) is 25.9. The summed E-state index contributed by atoms with van der Waals surface area (Å²) < 4.78 is 45.8. The number of aryl methyl sites for hydroxylation is 1. The van der Waals surface area contributed by atoms with Gasteiger partial charge in [0.25, 0.3) is 8.53 Å². The third kappa shape index (κ3) is 14.0. The molecule has 1 saturated heterocycles. The predicted octanol–water partition coefficient (Wildman–Crippen LogP) is 10.6. The number of nitrogens with one attached hydrogen (secondary N) is 1. The molecule has 2 unspecified atom stereocenters. The molecule has 3 aromatic carbocycles. The molecule has 3 aromatic rings. The molecule has 1 aliphatic heterocycles. The van der Waals surface area contributed by atoms with Crippen molar-refractivity contribution in [2.24, 2.45) is 17.8 Å². The van der Waals surface area contributed by atoms with Crippen LogP contribution >= 0.6 is 8.53 Å². The Bertz CT molecular complexity index is 1960. The SMILES string of the molecule is [B][C@H]1C[C@H](OP(OCCC#N)N(C(C)C)C(C)C)[C@@H](COC(c2ccc(CCCCCCCNC(=O)OCC3[C@H]4CCC#CCC[C@@H]34)cc2)(c2ccc(OC)cc2)c2ccc(OC)cc2)O1. The molecular formula is C53H71BN3O8P. The van der Waals surface area contributed by atoms with Crippen LogP contribution in [0.1, 0.15) is 121 Å². The fraction of sp³-hybridized carbons (Fsp3) is 0.585. The second-order valence-corrected chi connectivity index (χ2v) is 19.7. The molecule has 0 bridgehead atoms. The Morgan fingerprint density at radius 1 is 0.848 bits per heavy atom. The van der Waals surface area contributed by atoms with Gasteiger partial charge in [-0.2, -0.15) is 5.26 Å². The number of methoxy groups -OCH3 is 2. The van der Waals surface area contributed by atoms with E-state index in [1.165, 1.54) is 5.56 Å². The lowest BCUT2D eigenvalue weighted by atomic mass is 9.79. The van der Waals surface area contributed by atoms with Crippen molar-refractivity contribution in [2.45, 2.75) is 141 Å². The highest BCUT2D eigenvalue weighted by molar-refractivity contribution is 7.44. The Hall–Kier alpha value is -4.13. The van der Waals surface area contributed by atoms with Crippen molar-refractivity contribution in [3.8, 4) is 29.4 Å². The molecule has 66 heavy (non-hydrogen) atoms. The Labute approximate surface area is 397 Å². The lowest BCUT2D eigenvalue weighted by Crippen LogP contribution is -2.39. The van der Waals surface area contributed by atoms with Gasteiger partial charge in [-0.1, -0.05) is 67.8 Å². The Morgan fingerprint density at radius 2 is 1.41 bits per heavy atom. The van der Waals surface area contributed by atoms with E-state index in [1.54, 1.807) is 14.2 Å². The van der Waals surface area contributed by atoms with Crippen LogP contribution in [-0.4, -0.2) is 89.5 Å². The van der Waals surface area contributed by atoms with E-state index in [-0.39, 0.29) is 37.8 Å². The van der Waals surface area contributed by atoms with Gasteiger partial charge in [0.2, 0.25) is 0 Å². The number of hydrogen-bond acceptors (Lipinski definition) is 10. The van der Waals surface area contributed by atoms with E-state index in [2.05, 4.69) is 79.9 Å². The van der Waals surface area contributed by atoms with Gasteiger partial charge >= 0.3 is 6.09 Å². The van der Waals surface area contributed by atoms with Crippen molar-refractivity contribution in [3.63, 3.8) is 0 Å². The summed E-state index contributed by atoms with van der Waals surface area (Å²) in [7, 11) is 8.29. The molecular weight excluding hydrogens is 848 g/mol. The maximum atomic E-state index is 12.4. The zero-order valence-corrected chi connectivity index (χ0v) is 40.9. The molecule has 3 aliphatic rings. The van der Waals surface area contributed by atoms with Crippen molar-refractivity contribution in [3.05, 3.63) is 95.1 Å². The molecule has 0 aromatic heterocycles. The highest BCUT2D eigenvalue weighted by Crippen LogP contribution is 2.53. The van der Waals surface area contributed by atoms with Crippen LogP contribution in [0, 0.1) is 40.9 Å². The van der Waals surface area contributed by atoms with Gasteiger partial charge in [-0.15, -0.1) is 11.8 Å². The number of fused-ring (bicyclic) bond motifs is 1. The summed E-state index contributed by atoms with van der Waals surface area (Å²) in [6, 6.07) is 26.7. The smallest absolute Gasteiger partial charge is 0.407 e. The van der Waals surface area contributed by atoms with Crippen LogP contribution < -0.4 is 14.8 Å². The summed E-state index contributed by atoms with van der Waals surface area (Å²) in [5.41, 5.74) is 2.96. The average molecular weight is 920 g/mol. The quantitative estimate of drug-likeness (QED) is 0.0274. The van der Waals surface area contributed by atoms with Gasteiger partial charge in [0.15, 0.2) is 0 Å². The molecule has 1 amide bonds. The number of ether oxygens (including phenoxy) is 5. The number of carbonyl (C=O) groups is 1. The number of nitrogens with zero attached hydrogens (tertiary/aromatic N) is 2. The summed E-state index contributed by atoms with van der Waals surface area (Å²) in [6.07, 6.45) is 9.95. The van der Waals surface area contributed by atoms with Crippen LogP contribution in [0.15, 0.2) is 72.8 Å². The minimum atomic E-state index is -1.53. The fourth-order valence-electron chi connectivity index (χ4n) is 9.61. The van der Waals surface area contributed by atoms with E-state index in [9.17, 15) is 10.1 Å². The lowest BCUT2D eigenvalue weighted by molar-refractivity contribution is -0.0714. The molecule has 1 heterocycles. The van der Waals surface area contributed by atoms with Crippen molar-refractivity contribution in [1.29, 1.82) is 5.26 Å². The first kappa shape index (κ1) is 51.3. The third-order valence-electron chi connectivity index (χ3n) is 13.1. The normalized spacial score (nSPS) is 21.8. The number of nitriles is 1. The zero-order valence-electron chi connectivity index (χ0n) is 40.0. The molecule has 354 valence electrons. The molecule has 2 aliphatic carbocycles. The molecule has 0 spiro atoms. The molecule has 2 fully saturated rings.